The van der Waals surface area contributed by atoms with Gasteiger partial charge in [0.15, 0.2) is 0 Å². The maximum atomic E-state index is 13.0. The molecule has 144 valence electrons. The van der Waals surface area contributed by atoms with E-state index in [1.165, 1.54) is 0 Å². The highest BCUT2D eigenvalue weighted by atomic mass is 16.5. The molecule has 0 aliphatic heterocycles. The Morgan fingerprint density at radius 1 is 1.07 bits per heavy atom. The van der Waals surface area contributed by atoms with Crippen LogP contribution in [0.4, 0.5) is 11.5 Å². The first-order valence-electron chi connectivity index (χ1n) is 9.19. The predicted octanol–water partition coefficient (Wildman–Crippen LogP) is 4.20. The number of nitrogens with zero attached hydrogens (tertiary/aromatic N) is 3. The van der Waals surface area contributed by atoms with Crippen LogP contribution >= 0.6 is 0 Å². The summed E-state index contributed by atoms with van der Waals surface area (Å²) in [5.74, 6) is 1.65. The Morgan fingerprint density at radius 3 is 2.50 bits per heavy atom. The third-order valence-electron chi connectivity index (χ3n) is 4.31. The molecule has 2 aromatic carbocycles. The number of anilines is 2. The van der Waals surface area contributed by atoms with Crippen molar-refractivity contribution >= 4 is 17.4 Å². The number of rotatable bonds is 7. The number of hydrogen-bond donors (Lipinski definition) is 1. The molecule has 6 nitrogen and oxygen atoms in total. The van der Waals surface area contributed by atoms with Gasteiger partial charge in [0.25, 0.3) is 5.91 Å². The quantitative estimate of drug-likeness (QED) is 0.669. The lowest BCUT2D eigenvalue weighted by Gasteiger charge is -2.21. The van der Waals surface area contributed by atoms with Crippen LogP contribution < -0.4 is 10.1 Å². The third kappa shape index (κ3) is 4.65. The summed E-state index contributed by atoms with van der Waals surface area (Å²) in [5.41, 5.74) is 2.22. The molecule has 3 aromatic rings. The largest absolute Gasteiger partial charge is 0.495 e. The minimum atomic E-state index is -0.125. The monoisotopic (exact) mass is 376 g/mol. The Morgan fingerprint density at radius 2 is 1.79 bits per heavy atom. The molecule has 0 bridgehead atoms. The maximum Gasteiger partial charge on any atom is 0.272 e. The molecule has 0 saturated heterocycles. The highest BCUT2D eigenvalue weighted by Crippen LogP contribution is 2.26. The standard InChI is InChI=1S/C22H24N4O2/c1-4-26(15-17-10-6-5-7-11-17)22(27)19-14-21(24-16(2)23-19)25-18-12-8-9-13-20(18)28-3/h5-14H,4,15H2,1-3H3,(H,23,24,25). The van der Waals surface area contributed by atoms with Gasteiger partial charge in [-0.05, 0) is 31.5 Å². The molecule has 0 atom stereocenters. The Kier molecular flexibility index (Phi) is 6.22. The van der Waals surface area contributed by atoms with Gasteiger partial charge in [-0.3, -0.25) is 4.79 Å². The number of benzene rings is 2. The average Bonchev–Trinajstić information content (AvgIpc) is 2.72. The van der Waals surface area contributed by atoms with E-state index in [4.69, 9.17) is 4.74 Å². The van der Waals surface area contributed by atoms with Crippen molar-refractivity contribution in [3.63, 3.8) is 0 Å². The molecule has 1 heterocycles. The lowest BCUT2D eigenvalue weighted by Crippen LogP contribution is -2.31. The van der Waals surface area contributed by atoms with E-state index in [2.05, 4.69) is 15.3 Å². The summed E-state index contributed by atoms with van der Waals surface area (Å²) in [5, 5.41) is 3.22. The SMILES string of the molecule is CCN(Cc1ccccc1)C(=O)c1cc(Nc2ccccc2OC)nc(C)n1. The molecule has 0 radical (unpaired) electrons. The second-order valence-corrected chi connectivity index (χ2v) is 6.32. The highest BCUT2D eigenvalue weighted by Gasteiger charge is 2.18. The maximum absolute atomic E-state index is 13.0. The Labute approximate surface area is 165 Å². The molecule has 1 aromatic heterocycles. The van der Waals surface area contributed by atoms with Crippen molar-refractivity contribution in [3.8, 4) is 5.75 Å². The summed E-state index contributed by atoms with van der Waals surface area (Å²) in [4.78, 5) is 23.6. The predicted molar refractivity (Wildman–Crippen MR) is 110 cm³/mol. The molecule has 3 rings (SSSR count). The van der Waals surface area contributed by atoms with Crippen LogP contribution in [0.2, 0.25) is 0 Å². The van der Waals surface area contributed by atoms with Crippen LogP contribution in [0.5, 0.6) is 5.75 Å². The summed E-state index contributed by atoms with van der Waals surface area (Å²) in [7, 11) is 1.61. The Bertz CT molecular complexity index is 944. The van der Waals surface area contributed by atoms with Crippen molar-refractivity contribution < 1.29 is 9.53 Å². The number of methoxy groups -OCH3 is 1. The molecule has 0 saturated carbocycles. The van der Waals surface area contributed by atoms with Gasteiger partial charge in [-0.1, -0.05) is 42.5 Å². The normalized spacial score (nSPS) is 10.4. The van der Waals surface area contributed by atoms with Crippen LogP contribution in [0, 0.1) is 6.92 Å². The van der Waals surface area contributed by atoms with E-state index in [-0.39, 0.29) is 5.91 Å². The third-order valence-corrected chi connectivity index (χ3v) is 4.31. The van der Waals surface area contributed by atoms with Gasteiger partial charge in [-0.15, -0.1) is 0 Å². The molecular weight excluding hydrogens is 352 g/mol. The zero-order chi connectivity index (χ0) is 19.9. The zero-order valence-electron chi connectivity index (χ0n) is 16.3. The van der Waals surface area contributed by atoms with E-state index in [1.54, 1.807) is 25.0 Å². The van der Waals surface area contributed by atoms with Gasteiger partial charge in [0.1, 0.15) is 23.1 Å². The van der Waals surface area contributed by atoms with Crippen molar-refractivity contribution in [3.05, 3.63) is 77.7 Å². The number of para-hydroxylation sites is 2. The fraction of sp³-hybridized carbons (Fsp3) is 0.227. The van der Waals surface area contributed by atoms with E-state index in [9.17, 15) is 4.79 Å². The summed E-state index contributed by atoms with van der Waals surface area (Å²) in [6, 6.07) is 19.2. The van der Waals surface area contributed by atoms with Crippen LogP contribution in [0.25, 0.3) is 0 Å². The first-order chi connectivity index (χ1) is 13.6. The summed E-state index contributed by atoms with van der Waals surface area (Å²) in [6.45, 7) is 4.86. The van der Waals surface area contributed by atoms with Crippen LogP contribution in [0.3, 0.4) is 0 Å². The summed E-state index contributed by atoms with van der Waals surface area (Å²) in [6.07, 6.45) is 0. The lowest BCUT2D eigenvalue weighted by atomic mass is 10.2. The number of ether oxygens (including phenoxy) is 1. The summed E-state index contributed by atoms with van der Waals surface area (Å²) < 4.78 is 5.37. The Balaban J connectivity index is 1.84. The van der Waals surface area contributed by atoms with Crippen molar-refractivity contribution in [1.29, 1.82) is 0 Å². The second-order valence-electron chi connectivity index (χ2n) is 6.32. The van der Waals surface area contributed by atoms with E-state index in [0.29, 0.717) is 36.2 Å². The van der Waals surface area contributed by atoms with E-state index < -0.39 is 0 Å². The van der Waals surface area contributed by atoms with Gasteiger partial charge in [-0.25, -0.2) is 9.97 Å². The molecule has 0 aliphatic carbocycles. The molecular formula is C22H24N4O2. The molecule has 0 aliphatic rings. The van der Waals surface area contributed by atoms with Crippen molar-refractivity contribution in [2.45, 2.75) is 20.4 Å². The second kappa shape index (κ2) is 8.99. The topological polar surface area (TPSA) is 67.4 Å². The number of aromatic nitrogens is 2. The lowest BCUT2D eigenvalue weighted by molar-refractivity contribution is 0.0746. The van der Waals surface area contributed by atoms with E-state index in [1.807, 2.05) is 61.5 Å². The number of carbonyl (C=O) groups is 1. The number of hydrogen-bond acceptors (Lipinski definition) is 5. The van der Waals surface area contributed by atoms with Crippen LogP contribution in [0.1, 0.15) is 28.8 Å². The van der Waals surface area contributed by atoms with Gasteiger partial charge in [-0.2, -0.15) is 0 Å². The van der Waals surface area contributed by atoms with Gasteiger partial charge in [0.05, 0.1) is 12.8 Å². The number of aryl methyl sites for hydroxylation is 1. The molecule has 28 heavy (non-hydrogen) atoms. The molecule has 1 N–H and O–H groups in total. The van der Waals surface area contributed by atoms with Crippen LogP contribution in [-0.2, 0) is 6.54 Å². The van der Waals surface area contributed by atoms with Gasteiger partial charge >= 0.3 is 0 Å². The molecule has 0 fully saturated rings. The van der Waals surface area contributed by atoms with E-state index >= 15 is 0 Å². The van der Waals surface area contributed by atoms with E-state index in [0.717, 1.165) is 11.3 Å². The highest BCUT2D eigenvalue weighted by molar-refractivity contribution is 5.93. The number of amides is 1. The number of carbonyl (C=O) groups excluding carboxylic acids is 1. The Hall–Kier alpha value is -3.41. The average molecular weight is 376 g/mol. The smallest absolute Gasteiger partial charge is 0.272 e. The zero-order valence-corrected chi connectivity index (χ0v) is 16.3. The first-order valence-corrected chi connectivity index (χ1v) is 9.19. The van der Waals surface area contributed by atoms with Crippen LogP contribution in [0.15, 0.2) is 60.7 Å². The first kappa shape index (κ1) is 19.4. The molecule has 0 unspecified atom stereocenters. The van der Waals surface area contributed by atoms with Gasteiger partial charge in [0, 0.05) is 19.2 Å². The van der Waals surface area contributed by atoms with Crippen molar-refractivity contribution in [2.24, 2.45) is 0 Å². The molecule has 1 amide bonds. The van der Waals surface area contributed by atoms with Crippen molar-refractivity contribution in [1.82, 2.24) is 14.9 Å². The van der Waals surface area contributed by atoms with Gasteiger partial charge in [0.2, 0.25) is 0 Å². The molecule has 0 spiro atoms. The minimum absolute atomic E-state index is 0.125. The fourth-order valence-corrected chi connectivity index (χ4v) is 2.92. The fourth-order valence-electron chi connectivity index (χ4n) is 2.92. The number of nitrogens with one attached hydrogen (secondary N) is 1. The summed E-state index contributed by atoms with van der Waals surface area (Å²) >= 11 is 0. The van der Waals surface area contributed by atoms with Crippen molar-refractivity contribution in [2.75, 3.05) is 19.0 Å². The van der Waals surface area contributed by atoms with Crippen LogP contribution in [-0.4, -0.2) is 34.4 Å². The minimum Gasteiger partial charge on any atom is -0.495 e. The molecule has 6 heteroatoms. The van der Waals surface area contributed by atoms with Gasteiger partial charge < -0.3 is 15.0 Å².